The topological polar surface area (TPSA) is 73.3 Å². The Bertz CT molecular complexity index is 958. The zero-order chi connectivity index (χ0) is 17.9. The molecule has 0 unspecified atom stereocenters. The van der Waals surface area contributed by atoms with E-state index in [1.807, 2.05) is 49.4 Å². The number of aromatic nitrogens is 2. The van der Waals surface area contributed by atoms with Crippen LogP contribution in [0, 0.1) is 0 Å². The fourth-order valence-electron chi connectivity index (χ4n) is 2.87. The van der Waals surface area contributed by atoms with Crippen LogP contribution in [0.3, 0.4) is 0 Å². The predicted molar refractivity (Wildman–Crippen MR) is 97.5 cm³/mol. The molecule has 0 fully saturated rings. The smallest absolute Gasteiger partial charge is 0.271 e. The van der Waals surface area contributed by atoms with Crippen molar-refractivity contribution in [1.29, 1.82) is 0 Å². The minimum atomic E-state index is -0.261. The maximum absolute atomic E-state index is 12.5. The maximum atomic E-state index is 12.5. The number of fused-ring (bicyclic) bond motifs is 2. The highest BCUT2D eigenvalue weighted by atomic mass is 16.5. The Hall–Kier alpha value is -3.15. The number of benzene rings is 2. The number of carbonyl (C=O) groups is 1. The minimum absolute atomic E-state index is 0.201. The van der Waals surface area contributed by atoms with Crippen LogP contribution >= 0.6 is 0 Å². The highest BCUT2D eigenvalue weighted by Gasteiger charge is 2.17. The van der Waals surface area contributed by atoms with Gasteiger partial charge >= 0.3 is 0 Å². The average molecular weight is 349 g/mol. The summed E-state index contributed by atoms with van der Waals surface area (Å²) in [4.78, 5) is 21.2. The molecule has 132 valence electrons. The van der Waals surface area contributed by atoms with E-state index in [-0.39, 0.29) is 11.9 Å². The van der Waals surface area contributed by atoms with Gasteiger partial charge in [0.1, 0.15) is 5.69 Å². The van der Waals surface area contributed by atoms with Crippen molar-refractivity contribution in [2.75, 3.05) is 13.2 Å². The van der Waals surface area contributed by atoms with Gasteiger partial charge in [-0.1, -0.05) is 18.2 Å². The molecule has 6 heteroatoms. The third kappa shape index (κ3) is 3.31. The van der Waals surface area contributed by atoms with Crippen molar-refractivity contribution in [2.45, 2.75) is 19.4 Å². The van der Waals surface area contributed by atoms with Crippen molar-refractivity contribution in [1.82, 2.24) is 15.3 Å². The molecule has 0 spiro atoms. The van der Waals surface area contributed by atoms with Crippen molar-refractivity contribution in [3.05, 3.63) is 59.9 Å². The Kier molecular flexibility index (Phi) is 4.39. The van der Waals surface area contributed by atoms with Crippen molar-refractivity contribution in [3.63, 3.8) is 0 Å². The van der Waals surface area contributed by atoms with Crippen LogP contribution in [0.15, 0.2) is 48.7 Å². The molecule has 0 saturated heterocycles. The molecular formula is C20H19N3O3. The minimum Gasteiger partial charge on any atom is -0.490 e. The Labute approximate surface area is 151 Å². The summed E-state index contributed by atoms with van der Waals surface area (Å²) in [5.41, 5.74) is 2.70. The second kappa shape index (κ2) is 7.00. The highest BCUT2D eigenvalue weighted by Crippen LogP contribution is 2.32. The van der Waals surface area contributed by atoms with Gasteiger partial charge in [-0.05, 0) is 36.8 Å². The van der Waals surface area contributed by atoms with Crippen LogP contribution in [-0.4, -0.2) is 29.1 Å². The van der Waals surface area contributed by atoms with Crippen LogP contribution < -0.4 is 14.8 Å². The van der Waals surface area contributed by atoms with E-state index >= 15 is 0 Å². The Balaban J connectivity index is 1.52. The first-order valence-electron chi connectivity index (χ1n) is 8.63. The second-order valence-corrected chi connectivity index (χ2v) is 6.20. The monoisotopic (exact) mass is 349 g/mol. The summed E-state index contributed by atoms with van der Waals surface area (Å²) in [6, 6.07) is 13.0. The molecule has 1 atom stereocenters. The quantitative estimate of drug-likeness (QED) is 0.785. The Morgan fingerprint density at radius 3 is 2.69 bits per heavy atom. The molecule has 1 aliphatic heterocycles. The van der Waals surface area contributed by atoms with E-state index < -0.39 is 0 Å². The lowest BCUT2D eigenvalue weighted by molar-refractivity contribution is 0.0934. The lowest BCUT2D eigenvalue weighted by Crippen LogP contribution is -2.27. The number of nitrogens with one attached hydrogen (secondary N) is 1. The number of hydrogen-bond acceptors (Lipinski definition) is 5. The SMILES string of the molecule is C[C@@H](NC(=O)c1cnc2ccccc2n1)c1ccc2c(c1)OCCCO2. The molecule has 2 heterocycles. The molecule has 6 nitrogen and oxygen atoms in total. The van der Waals surface area contributed by atoms with Crippen LogP contribution in [0.2, 0.25) is 0 Å². The predicted octanol–water partition coefficient (Wildman–Crippen LogP) is 3.28. The van der Waals surface area contributed by atoms with Crippen molar-refractivity contribution in [3.8, 4) is 11.5 Å². The summed E-state index contributed by atoms with van der Waals surface area (Å²) < 4.78 is 11.4. The first kappa shape index (κ1) is 16.3. The summed E-state index contributed by atoms with van der Waals surface area (Å²) >= 11 is 0. The largest absolute Gasteiger partial charge is 0.490 e. The number of ether oxygens (including phenoxy) is 2. The van der Waals surface area contributed by atoms with E-state index in [1.165, 1.54) is 6.20 Å². The summed E-state index contributed by atoms with van der Waals surface area (Å²) in [6.07, 6.45) is 2.36. The van der Waals surface area contributed by atoms with Crippen LogP contribution in [0.25, 0.3) is 11.0 Å². The molecule has 1 aliphatic rings. The van der Waals surface area contributed by atoms with E-state index in [1.54, 1.807) is 0 Å². The summed E-state index contributed by atoms with van der Waals surface area (Å²) in [5, 5.41) is 2.96. The van der Waals surface area contributed by atoms with Crippen molar-refractivity contribution in [2.24, 2.45) is 0 Å². The third-order valence-electron chi connectivity index (χ3n) is 4.30. The van der Waals surface area contributed by atoms with Crippen LogP contribution in [0.4, 0.5) is 0 Å². The molecule has 26 heavy (non-hydrogen) atoms. The number of rotatable bonds is 3. The molecule has 0 radical (unpaired) electrons. The Morgan fingerprint density at radius 1 is 1.08 bits per heavy atom. The summed E-state index contributed by atoms with van der Waals surface area (Å²) in [5.74, 6) is 1.19. The van der Waals surface area contributed by atoms with Gasteiger partial charge in [0, 0.05) is 6.42 Å². The van der Waals surface area contributed by atoms with Crippen molar-refractivity contribution < 1.29 is 14.3 Å². The van der Waals surface area contributed by atoms with E-state index in [9.17, 15) is 4.79 Å². The zero-order valence-electron chi connectivity index (χ0n) is 14.4. The normalized spacial score (nSPS) is 14.5. The van der Waals surface area contributed by atoms with Crippen LogP contribution in [0.1, 0.15) is 35.4 Å². The summed E-state index contributed by atoms with van der Waals surface area (Å²) in [6.45, 7) is 3.20. The average Bonchev–Trinajstić information content (AvgIpc) is 2.92. The van der Waals surface area contributed by atoms with Crippen LogP contribution in [-0.2, 0) is 0 Å². The number of para-hydroxylation sites is 2. The third-order valence-corrected chi connectivity index (χ3v) is 4.30. The number of amides is 1. The standard InChI is InChI=1S/C20H19N3O3/c1-13(14-7-8-18-19(11-14)26-10-4-9-25-18)22-20(24)17-12-21-15-5-2-3-6-16(15)23-17/h2-3,5-8,11-13H,4,9-10H2,1H3,(H,22,24)/t13-/m1/s1. The molecule has 0 aliphatic carbocycles. The van der Waals surface area contributed by atoms with Crippen LogP contribution in [0.5, 0.6) is 11.5 Å². The molecule has 0 bridgehead atoms. The van der Waals surface area contributed by atoms with Gasteiger partial charge in [-0.2, -0.15) is 0 Å². The van der Waals surface area contributed by atoms with Crippen molar-refractivity contribution >= 4 is 16.9 Å². The van der Waals surface area contributed by atoms with E-state index in [2.05, 4.69) is 15.3 Å². The molecule has 0 saturated carbocycles. The molecule has 4 rings (SSSR count). The molecule has 3 aromatic rings. The maximum Gasteiger partial charge on any atom is 0.271 e. The number of hydrogen-bond donors (Lipinski definition) is 1. The second-order valence-electron chi connectivity index (χ2n) is 6.20. The van der Waals surface area contributed by atoms with Gasteiger partial charge in [0.25, 0.3) is 5.91 Å². The van der Waals surface area contributed by atoms with Gasteiger partial charge in [-0.3, -0.25) is 9.78 Å². The first-order chi connectivity index (χ1) is 12.7. The molecule has 1 aromatic heterocycles. The fourth-order valence-corrected chi connectivity index (χ4v) is 2.87. The number of nitrogens with zero attached hydrogens (tertiary/aromatic N) is 2. The van der Waals surface area contributed by atoms with Gasteiger partial charge in [0.05, 0.1) is 36.5 Å². The van der Waals surface area contributed by atoms with Gasteiger partial charge in [-0.15, -0.1) is 0 Å². The van der Waals surface area contributed by atoms with Gasteiger partial charge in [0.2, 0.25) is 0 Å². The number of carbonyl (C=O) groups excluding carboxylic acids is 1. The van der Waals surface area contributed by atoms with Gasteiger partial charge in [-0.25, -0.2) is 4.98 Å². The van der Waals surface area contributed by atoms with E-state index in [4.69, 9.17) is 9.47 Å². The van der Waals surface area contributed by atoms with E-state index in [0.717, 1.165) is 23.3 Å². The molecule has 1 amide bonds. The molecule has 2 aromatic carbocycles. The van der Waals surface area contributed by atoms with Gasteiger partial charge < -0.3 is 14.8 Å². The zero-order valence-corrected chi connectivity index (χ0v) is 14.4. The van der Waals surface area contributed by atoms with Gasteiger partial charge in [0.15, 0.2) is 11.5 Å². The lowest BCUT2D eigenvalue weighted by atomic mass is 10.1. The summed E-state index contributed by atoms with van der Waals surface area (Å²) in [7, 11) is 0. The highest BCUT2D eigenvalue weighted by molar-refractivity contribution is 5.94. The molecular weight excluding hydrogens is 330 g/mol. The van der Waals surface area contributed by atoms with E-state index in [0.29, 0.717) is 30.2 Å². The lowest BCUT2D eigenvalue weighted by Gasteiger charge is -2.16. The fraction of sp³-hybridized carbons (Fsp3) is 0.250. The molecule has 1 N–H and O–H groups in total. The Morgan fingerprint density at radius 2 is 1.85 bits per heavy atom. The first-order valence-corrected chi connectivity index (χ1v) is 8.63.